The fourth-order valence-corrected chi connectivity index (χ4v) is 3.07. The molecule has 0 spiro atoms. The van der Waals surface area contributed by atoms with Gasteiger partial charge in [0.25, 0.3) is 5.91 Å². The lowest BCUT2D eigenvalue weighted by atomic mass is 10.2. The Balaban J connectivity index is 1.41. The maximum atomic E-state index is 13.1. The van der Waals surface area contributed by atoms with Gasteiger partial charge in [-0.3, -0.25) is 9.36 Å². The molecule has 29 heavy (non-hydrogen) atoms. The van der Waals surface area contributed by atoms with Crippen LogP contribution in [0, 0.1) is 5.82 Å². The summed E-state index contributed by atoms with van der Waals surface area (Å²) in [4.78, 5) is 16.6. The van der Waals surface area contributed by atoms with E-state index in [9.17, 15) is 9.18 Å². The zero-order valence-corrected chi connectivity index (χ0v) is 16.0. The van der Waals surface area contributed by atoms with Crippen molar-refractivity contribution in [3.05, 3.63) is 65.1 Å². The minimum absolute atomic E-state index is 0.0856. The first-order chi connectivity index (χ1) is 14.1. The van der Waals surface area contributed by atoms with Crippen LogP contribution in [-0.4, -0.2) is 45.0 Å². The van der Waals surface area contributed by atoms with Crippen LogP contribution in [0.2, 0.25) is 5.02 Å². The lowest BCUT2D eigenvalue weighted by molar-refractivity contribution is 0.0949. The highest BCUT2D eigenvalue weighted by atomic mass is 35.5. The number of ether oxygens (including phenoxy) is 2. The van der Waals surface area contributed by atoms with Crippen LogP contribution in [0.15, 0.2) is 42.9 Å². The van der Waals surface area contributed by atoms with Gasteiger partial charge in [0, 0.05) is 18.3 Å². The predicted molar refractivity (Wildman–Crippen MR) is 102 cm³/mol. The van der Waals surface area contributed by atoms with E-state index in [-0.39, 0.29) is 40.8 Å². The van der Waals surface area contributed by atoms with Crippen molar-refractivity contribution in [2.75, 3.05) is 13.2 Å². The molecule has 1 unspecified atom stereocenters. The molecule has 150 valence electrons. The first kappa shape index (κ1) is 19.3. The van der Waals surface area contributed by atoms with Crippen molar-refractivity contribution in [1.82, 2.24) is 25.1 Å². The van der Waals surface area contributed by atoms with Crippen molar-refractivity contribution in [2.45, 2.75) is 19.1 Å². The molecular formula is C19H17ClFN5O3. The molecule has 1 aromatic carbocycles. The van der Waals surface area contributed by atoms with Crippen molar-refractivity contribution in [3.63, 3.8) is 0 Å². The summed E-state index contributed by atoms with van der Waals surface area (Å²) in [6, 6.07) is 7.38. The summed E-state index contributed by atoms with van der Waals surface area (Å²) in [5, 5.41) is 10.9. The number of amides is 1. The topological polar surface area (TPSA) is 91.2 Å². The predicted octanol–water partition coefficient (Wildman–Crippen LogP) is 2.55. The maximum absolute atomic E-state index is 13.1. The molecule has 1 fully saturated rings. The lowest BCUT2D eigenvalue weighted by Crippen LogP contribution is -2.25. The Morgan fingerprint density at radius 1 is 1.38 bits per heavy atom. The van der Waals surface area contributed by atoms with Gasteiger partial charge in [0.15, 0.2) is 5.82 Å². The van der Waals surface area contributed by atoms with Gasteiger partial charge in [-0.1, -0.05) is 11.6 Å². The number of nitrogens with zero attached hydrogens (tertiary/aromatic N) is 4. The highest BCUT2D eigenvalue weighted by Gasteiger charge is 2.20. The number of hydrogen-bond acceptors (Lipinski definition) is 6. The third kappa shape index (κ3) is 4.52. The average Bonchev–Trinajstić information content (AvgIpc) is 3.40. The number of aromatic nitrogens is 4. The van der Waals surface area contributed by atoms with Gasteiger partial charge in [-0.25, -0.2) is 9.37 Å². The number of benzene rings is 1. The minimum Gasteiger partial charge on any atom is -0.471 e. The number of halogens is 2. The summed E-state index contributed by atoms with van der Waals surface area (Å²) in [6.07, 6.45) is 3.58. The zero-order valence-electron chi connectivity index (χ0n) is 15.2. The van der Waals surface area contributed by atoms with Crippen molar-refractivity contribution < 1.29 is 18.7 Å². The maximum Gasteiger partial charge on any atom is 0.253 e. The van der Waals surface area contributed by atoms with Gasteiger partial charge >= 0.3 is 0 Å². The molecule has 0 aliphatic carbocycles. The highest BCUT2D eigenvalue weighted by molar-refractivity contribution is 6.32. The van der Waals surface area contributed by atoms with Crippen LogP contribution in [-0.2, 0) is 11.3 Å². The fourth-order valence-electron chi connectivity index (χ4n) is 2.86. The molecule has 0 saturated carbocycles. The quantitative estimate of drug-likeness (QED) is 0.662. The van der Waals surface area contributed by atoms with E-state index in [1.54, 1.807) is 16.7 Å². The standard InChI is InChI=1S/C19H17ClFN5O3/c20-16-7-12(8-23-19(16)29-15-5-6-28-10-15)18(27)22-9-17-25-24-11-26(17)14-3-1-13(21)2-4-14/h1-4,7-8,11,15H,5-6,9-10H2,(H,22,27). The van der Waals surface area contributed by atoms with Gasteiger partial charge in [0.05, 0.1) is 25.3 Å². The normalized spacial score (nSPS) is 16.0. The molecular weight excluding hydrogens is 401 g/mol. The Labute approximate surface area is 170 Å². The number of rotatable bonds is 6. The fraction of sp³-hybridized carbons (Fsp3) is 0.263. The van der Waals surface area contributed by atoms with Gasteiger partial charge in [0.2, 0.25) is 5.88 Å². The Morgan fingerprint density at radius 2 is 2.21 bits per heavy atom. The van der Waals surface area contributed by atoms with Crippen LogP contribution in [0.3, 0.4) is 0 Å². The summed E-state index contributed by atoms with van der Waals surface area (Å²) < 4.78 is 25.7. The van der Waals surface area contributed by atoms with Crippen LogP contribution in [0.5, 0.6) is 5.88 Å². The molecule has 3 aromatic rings. The van der Waals surface area contributed by atoms with Gasteiger partial charge in [-0.05, 0) is 30.3 Å². The zero-order chi connectivity index (χ0) is 20.2. The molecule has 8 nitrogen and oxygen atoms in total. The Bertz CT molecular complexity index is 1010. The van der Waals surface area contributed by atoms with Gasteiger partial charge in [-0.2, -0.15) is 0 Å². The Hall–Kier alpha value is -3.04. The molecule has 1 N–H and O–H groups in total. The first-order valence-electron chi connectivity index (χ1n) is 8.93. The third-order valence-electron chi connectivity index (χ3n) is 4.37. The monoisotopic (exact) mass is 417 g/mol. The average molecular weight is 418 g/mol. The van der Waals surface area contributed by atoms with E-state index in [1.165, 1.54) is 30.7 Å². The van der Waals surface area contributed by atoms with Crippen LogP contribution < -0.4 is 10.1 Å². The summed E-state index contributed by atoms with van der Waals surface area (Å²) in [7, 11) is 0. The van der Waals surface area contributed by atoms with Gasteiger partial charge in [-0.15, -0.1) is 10.2 Å². The van der Waals surface area contributed by atoms with Crippen LogP contribution in [0.1, 0.15) is 22.6 Å². The van der Waals surface area contributed by atoms with Crippen LogP contribution >= 0.6 is 11.6 Å². The Morgan fingerprint density at radius 3 is 2.93 bits per heavy atom. The van der Waals surface area contributed by atoms with Gasteiger partial charge < -0.3 is 14.8 Å². The largest absolute Gasteiger partial charge is 0.471 e. The van der Waals surface area contributed by atoms with E-state index >= 15 is 0 Å². The Kier molecular flexibility index (Phi) is 5.68. The molecule has 1 saturated heterocycles. The van der Waals surface area contributed by atoms with E-state index in [1.807, 2.05) is 0 Å². The smallest absolute Gasteiger partial charge is 0.253 e. The molecule has 1 aliphatic heterocycles. The van der Waals surface area contributed by atoms with Crippen molar-refractivity contribution in [3.8, 4) is 11.6 Å². The van der Waals surface area contributed by atoms with E-state index in [0.29, 0.717) is 24.7 Å². The second-order valence-electron chi connectivity index (χ2n) is 6.39. The molecule has 4 rings (SSSR count). The summed E-state index contributed by atoms with van der Waals surface area (Å²) in [6.45, 7) is 1.26. The second-order valence-corrected chi connectivity index (χ2v) is 6.80. The summed E-state index contributed by atoms with van der Waals surface area (Å²) in [5.41, 5.74) is 0.973. The number of hydrogen-bond donors (Lipinski definition) is 1. The summed E-state index contributed by atoms with van der Waals surface area (Å²) >= 11 is 6.20. The molecule has 0 radical (unpaired) electrons. The lowest BCUT2D eigenvalue weighted by Gasteiger charge is -2.12. The first-order valence-corrected chi connectivity index (χ1v) is 9.31. The highest BCUT2D eigenvalue weighted by Crippen LogP contribution is 2.25. The van der Waals surface area contributed by atoms with Crippen molar-refractivity contribution >= 4 is 17.5 Å². The van der Waals surface area contributed by atoms with Crippen LogP contribution in [0.4, 0.5) is 4.39 Å². The second kappa shape index (κ2) is 8.54. The number of pyridine rings is 1. The molecule has 2 aromatic heterocycles. The van der Waals surface area contributed by atoms with E-state index < -0.39 is 0 Å². The molecule has 1 amide bonds. The number of carbonyl (C=O) groups excluding carboxylic acids is 1. The molecule has 1 aliphatic rings. The van der Waals surface area contributed by atoms with E-state index in [0.717, 1.165) is 6.42 Å². The third-order valence-corrected chi connectivity index (χ3v) is 4.64. The van der Waals surface area contributed by atoms with Gasteiger partial charge in [0.1, 0.15) is 23.3 Å². The van der Waals surface area contributed by atoms with E-state index in [4.69, 9.17) is 21.1 Å². The minimum atomic E-state index is -0.371. The van der Waals surface area contributed by atoms with Crippen molar-refractivity contribution in [1.29, 1.82) is 0 Å². The number of nitrogens with one attached hydrogen (secondary N) is 1. The van der Waals surface area contributed by atoms with E-state index in [2.05, 4.69) is 20.5 Å². The molecule has 0 bridgehead atoms. The van der Waals surface area contributed by atoms with Crippen LogP contribution in [0.25, 0.3) is 5.69 Å². The molecule has 3 heterocycles. The SMILES string of the molecule is O=C(NCc1nncn1-c1ccc(F)cc1)c1cnc(OC2CCOC2)c(Cl)c1. The molecule has 1 atom stereocenters. The number of carbonyl (C=O) groups is 1. The summed E-state index contributed by atoms with van der Waals surface area (Å²) in [5.74, 6) is 0.0534. The van der Waals surface area contributed by atoms with Crippen molar-refractivity contribution in [2.24, 2.45) is 0 Å². The molecule has 10 heteroatoms.